The number of nitrogens with zero attached hydrogens (tertiary/aromatic N) is 1. The Labute approximate surface area is 212 Å². The SMILES string of the molecule is COC(=O)c1cccc(N2CC(CN[C@H](C)c3cccc4ccccc34)Oc3ccccc32)c1.Cl. The van der Waals surface area contributed by atoms with Gasteiger partial charge in [-0.3, -0.25) is 0 Å². The first-order valence-corrected chi connectivity index (χ1v) is 11.6. The highest BCUT2D eigenvalue weighted by atomic mass is 35.5. The van der Waals surface area contributed by atoms with E-state index in [4.69, 9.17) is 9.47 Å². The van der Waals surface area contributed by atoms with Crippen molar-refractivity contribution in [2.75, 3.05) is 25.1 Å². The number of esters is 1. The van der Waals surface area contributed by atoms with Gasteiger partial charge in [-0.2, -0.15) is 0 Å². The Hall–Kier alpha value is -3.54. The minimum atomic E-state index is -0.342. The van der Waals surface area contributed by atoms with Gasteiger partial charge in [-0.05, 0) is 53.6 Å². The van der Waals surface area contributed by atoms with Crippen LogP contribution in [0.15, 0.2) is 91.0 Å². The fourth-order valence-corrected chi connectivity index (χ4v) is 4.61. The molecule has 2 atom stereocenters. The van der Waals surface area contributed by atoms with E-state index in [1.54, 1.807) is 6.07 Å². The summed E-state index contributed by atoms with van der Waals surface area (Å²) in [6.07, 6.45) is -0.0610. The largest absolute Gasteiger partial charge is 0.485 e. The molecule has 35 heavy (non-hydrogen) atoms. The van der Waals surface area contributed by atoms with Crippen LogP contribution >= 0.6 is 12.4 Å². The number of hydrogen-bond donors (Lipinski definition) is 1. The van der Waals surface area contributed by atoms with E-state index in [1.165, 1.54) is 23.4 Å². The van der Waals surface area contributed by atoms with Crippen molar-refractivity contribution in [1.82, 2.24) is 5.32 Å². The van der Waals surface area contributed by atoms with Crippen molar-refractivity contribution in [3.05, 3.63) is 102 Å². The molecule has 0 amide bonds. The van der Waals surface area contributed by atoms with E-state index in [1.807, 2.05) is 42.5 Å². The molecule has 0 fully saturated rings. The number of halogens is 1. The standard InChI is InChI=1S/C29H28N2O3.ClH/c1-20(25-14-8-10-21-9-3-4-13-26(21)25)30-18-24-19-31(27-15-5-6-16-28(27)34-24)23-12-7-11-22(17-23)29(32)33-2;/h3-17,20,24,30H,18-19H2,1-2H3;1H/t20-,24?;/m1./s1. The smallest absolute Gasteiger partial charge is 0.337 e. The summed E-state index contributed by atoms with van der Waals surface area (Å²) in [4.78, 5) is 14.3. The van der Waals surface area contributed by atoms with E-state index in [0.29, 0.717) is 18.7 Å². The summed E-state index contributed by atoms with van der Waals surface area (Å²) in [7, 11) is 1.40. The Morgan fingerprint density at radius 1 is 1.03 bits per heavy atom. The normalized spacial score (nSPS) is 15.5. The van der Waals surface area contributed by atoms with E-state index in [-0.39, 0.29) is 30.5 Å². The summed E-state index contributed by atoms with van der Waals surface area (Å²) in [5.41, 5.74) is 3.73. The predicted octanol–water partition coefficient (Wildman–Crippen LogP) is 6.30. The molecule has 1 aliphatic rings. The van der Waals surface area contributed by atoms with Crippen LogP contribution in [0.4, 0.5) is 11.4 Å². The van der Waals surface area contributed by atoms with E-state index >= 15 is 0 Å². The maximum absolute atomic E-state index is 12.1. The van der Waals surface area contributed by atoms with Crippen molar-refractivity contribution in [2.45, 2.75) is 19.1 Å². The second-order valence-electron chi connectivity index (χ2n) is 8.56. The topological polar surface area (TPSA) is 50.8 Å². The summed E-state index contributed by atoms with van der Waals surface area (Å²) < 4.78 is 11.3. The third-order valence-electron chi connectivity index (χ3n) is 6.36. The van der Waals surface area contributed by atoms with E-state index in [2.05, 4.69) is 59.6 Å². The van der Waals surface area contributed by atoms with Crippen LogP contribution in [0.3, 0.4) is 0 Å². The number of fused-ring (bicyclic) bond motifs is 2. The molecule has 0 saturated heterocycles. The van der Waals surface area contributed by atoms with Crippen LogP contribution in [-0.4, -0.2) is 32.3 Å². The van der Waals surface area contributed by atoms with Crippen molar-refractivity contribution in [1.29, 1.82) is 0 Å². The number of nitrogens with one attached hydrogen (secondary N) is 1. The summed E-state index contributed by atoms with van der Waals surface area (Å²) >= 11 is 0. The summed E-state index contributed by atoms with van der Waals surface area (Å²) in [5.74, 6) is 0.493. The number of anilines is 2. The van der Waals surface area contributed by atoms with Gasteiger partial charge >= 0.3 is 5.97 Å². The van der Waals surface area contributed by atoms with E-state index in [9.17, 15) is 4.79 Å². The van der Waals surface area contributed by atoms with Crippen LogP contribution in [-0.2, 0) is 4.74 Å². The van der Waals surface area contributed by atoms with Gasteiger partial charge in [0, 0.05) is 18.3 Å². The average molecular weight is 489 g/mol. The molecule has 1 heterocycles. The molecule has 5 rings (SSSR count). The first-order chi connectivity index (χ1) is 16.6. The number of methoxy groups -OCH3 is 1. The fraction of sp³-hybridized carbons (Fsp3) is 0.207. The van der Waals surface area contributed by atoms with Gasteiger partial charge in [0.05, 0.1) is 24.9 Å². The Bertz CT molecular complexity index is 1320. The molecule has 0 saturated carbocycles. The van der Waals surface area contributed by atoms with Crippen molar-refractivity contribution in [3.8, 4) is 5.75 Å². The predicted molar refractivity (Wildman–Crippen MR) is 143 cm³/mol. The molecule has 6 heteroatoms. The number of para-hydroxylation sites is 2. The molecule has 0 bridgehead atoms. The number of benzene rings is 4. The second-order valence-corrected chi connectivity index (χ2v) is 8.56. The first-order valence-electron chi connectivity index (χ1n) is 11.6. The van der Waals surface area contributed by atoms with Crippen molar-refractivity contribution < 1.29 is 14.3 Å². The molecule has 4 aromatic rings. The minimum absolute atomic E-state index is 0. The van der Waals surface area contributed by atoms with Gasteiger partial charge in [-0.15, -0.1) is 12.4 Å². The zero-order chi connectivity index (χ0) is 23.5. The third-order valence-corrected chi connectivity index (χ3v) is 6.36. The van der Waals surface area contributed by atoms with Gasteiger partial charge in [0.25, 0.3) is 0 Å². The Morgan fingerprint density at radius 2 is 1.77 bits per heavy atom. The zero-order valence-corrected chi connectivity index (χ0v) is 20.6. The van der Waals surface area contributed by atoms with Gasteiger partial charge in [-0.25, -0.2) is 4.79 Å². The van der Waals surface area contributed by atoms with Crippen molar-refractivity contribution >= 4 is 40.5 Å². The monoisotopic (exact) mass is 488 g/mol. The van der Waals surface area contributed by atoms with Crippen LogP contribution in [0.5, 0.6) is 5.75 Å². The molecule has 1 aliphatic heterocycles. The van der Waals surface area contributed by atoms with Gasteiger partial charge in [0.1, 0.15) is 11.9 Å². The van der Waals surface area contributed by atoms with Crippen LogP contribution in [0.2, 0.25) is 0 Å². The maximum atomic E-state index is 12.1. The van der Waals surface area contributed by atoms with Crippen molar-refractivity contribution in [3.63, 3.8) is 0 Å². The molecule has 0 aliphatic carbocycles. The molecular formula is C29H29ClN2O3. The highest BCUT2D eigenvalue weighted by molar-refractivity contribution is 5.91. The lowest BCUT2D eigenvalue weighted by Crippen LogP contribution is -2.44. The van der Waals surface area contributed by atoms with Gasteiger partial charge in [0.15, 0.2) is 0 Å². The summed E-state index contributed by atoms with van der Waals surface area (Å²) in [6.45, 7) is 3.54. The van der Waals surface area contributed by atoms with Gasteiger partial charge in [0.2, 0.25) is 0 Å². The lowest BCUT2D eigenvalue weighted by Gasteiger charge is -2.37. The van der Waals surface area contributed by atoms with Crippen LogP contribution in [0.25, 0.3) is 10.8 Å². The second kappa shape index (κ2) is 10.8. The molecule has 0 radical (unpaired) electrons. The lowest BCUT2D eigenvalue weighted by molar-refractivity contribution is 0.0601. The average Bonchev–Trinajstić information content (AvgIpc) is 2.90. The molecule has 1 unspecified atom stereocenters. The molecule has 0 spiro atoms. The number of carbonyl (C=O) groups is 1. The lowest BCUT2D eigenvalue weighted by atomic mass is 9.99. The fourth-order valence-electron chi connectivity index (χ4n) is 4.61. The molecule has 0 aromatic heterocycles. The number of hydrogen-bond acceptors (Lipinski definition) is 5. The summed E-state index contributed by atoms with van der Waals surface area (Å²) in [6, 6.07) is 30.6. The molecule has 180 valence electrons. The number of rotatable bonds is 6. The Morgan fingerprint density at radius 3 is 2.63 bits per heavy atom. The van der Waals surface area contributed by atoms with Crippen molar-refractivity contribution in [2.24, 2.45) is 0 Å². The zero-order valence-electron chi connectivity index (χ0n) is 19.8. The van der Waals surface area contributed by atoms with Crippen LogP contribution in [0.1, 0.15) is 28.9 Å². The third kappa shape index (κ3) is 5.11. The Balaban J connectivity index is 0.00000289. The molecule has 4 aromatic carbocycles. The van der Waals surface area contributed by atoms with Crippen LogP contribution < -0.4 is 15.0 Å². The number of carbonyl (C=O) groups excluding carboxylic acids is 1. The summed E-state index contributed by atoms with van der Waals surface area (Å²) in [5, 5.41) is 6.19. The van der Waals surface area contributed by atoms with E-state index in [0.717, 1.165) is 17.1 Å². The van der Waals surface area contributed by atoms with Gasteiger partial charge < -0.3 is 19.7 Å². The molecule has 5 nitrogen and oxygen atoms in total. The Kier molecular flexibility index (Phi) is 7.59. The minimum Gasteiger partial charge on any atom is -0.485 e. The highest BCUT2D eigenvalue weighted by Gasteiger charge is 2.27. The van der Waals surface area contributed by atoms with Gasteiger partial charge in [-0.1, -0.05) is 60.7 Å². The van der Waals surface area contributed by atoms with Crippen LogP contribution in [0, 0.1) is 0 Å². The first kappa shape index (κ1) is 24.6. The maximum Gasteiger partial charge on any atom is 0.337 e. The highest BCUT2D eigenvalue weighted by Crippen LogP contribution is 2.38. The molecule has 1 N–H and O–H groups in total. The number of ether oxygens (including phenoxy) is 2. The molecular weight excluding hydrogens is 460 g/mol. The quantitative estimate of drug-likeness (QED) is 0.323. The van der Waals surface area contributed by atoms with E-state index < -0.39 is 0 Å².